The van der Waals surface area contributed by atoms with Crippen molar-refractivity contribution in [1.29, 1.82) is 0 Å². The van der Waals surface area contributed by atoms with Gasteiger partial charge in [-0.2, -0.15) is 0 Å². The van der Waals surface area contributed by atoms with Gasteiger partial charge in [0.2, 0.25) is 0 Å². The Hall–Kier alpha value is -2.75. The number of aromatic nitrogens is 1. The number of H-pyrrole nitrogens is 1. The number of hydrogen-bond acceptors (Lipinski definition) is 2. The van der Waals surface area contributed by atoms with Gasteiger partial charge < -0.3 is 15.0 Å². The summed E-state index contributed by atoms with van der Waals surface area (Å²) in [6.45, 7) is 4.77. The molecule has 1 aromatic heterocycles. The van der Waals surface area contributed by atoms with Crippen molar-refractivity contribution in [2.75, 3.05) is 6.54 Å². The summed E-state index contributed by atoms with van der Waals surface area (Å²) in [7, 11) is 0. The van der Waals surface area contributed by atoms with E-state index in [0.29, 0.717) is 18.0 Å². The highest BCUT2D eigenvalue weighted by Crippen LogP contribution is 2.40. The third-order valence-electron chi connectivity index (χ3n) is 5.14. The predicted octanol–water partition coefficient (Wildman–Crippen LogP) is 4.02. The molecule has 2 atom stereocenters. The number of ether oxygens (including phenoxy) is 1. The molecule has 0 spiro atoms. The molecule has 4 rings (SSSR count). The molecule has 25 heavy (non-hydrogen) atoms. The molecule has 2 heterocycles. The van der Waals surface area contributed by atoms with Crippen LogP contribution in [0.15, 0.2) is 48.7 Å². The average molecular weight is 334 g/mol. The van der Waals surface area contributed by atoms with Gasteiger partial charge in [-0.1, -0.05) is 37.3 Å². The maximum absolute atomic E-state index is 12.6. The molecule has 0 bridgehead atoms. The van der Waals surface area contributed by atoms with Crippen molar-refractivity contribution in [2.24, 2.45) is 0 Å². The Kier molecular flexibility index (Phi) is 3.96. The van der Waals surface area contributed by atoms with E-state index in [1.54, 1.807) is 0 Å². The van der Waals surface area contributed by atoms with Crippen molar-refractivity contribution < 1.29 is 9.53 Å². The van der Waals surface area contributed by atoms with Gasteiger partial charge in [0.05, 0.1) is 5.56 Å². The molecule has 4 nitrogen and oxygen atoms in total. The number of carbonyl (C=O) groups excluding carboxylic acids is 1. The molecule has 1 aliphatic heterocycles. The van der Waals surface area contributed by atoms with Gasteiger partial charge in [-0.05, 0) is 31.0 Å². The summed E-state index contributed by atoms with van der Waals surface area (Å²) in [5, 5.41) is 4.24. The van der Waals surface area contributed by atoms with E-state index in [9.17, 15) is 4.79 Å². The van der Waals surface area contributed by atoms with Gasteiger partial charge in [-0.15, -0.1) is 0 Å². The largest absolute Gasteiger partial charge is 0.489 e. The second-order valence-corrected chi connectivity index (χ2v) is 6.70. The molecule has 0 unspecified atom stereocenters. The second-order valence-electron chi connectivity index (χ2n) is 6.70. The number of fused-ring (bicyclic) bond motifs is 2. The van der Waals surface area contributed by atoms with E-state index in [1.807, 2.05) is 43.5 Å². The van der Waals surface area contributed by atoms with E-state index < -0.39 is 0 Å². The molecular formula is C21H22N2O2. The molecule has 0 aliphatic carbocycles. The monoisotopic (exact) mass is 334 g/mol. The van der Waals surface area contributed by atoms with Crippen LogP contribution in [0, 0.1) is 0 Å². The fourth-order valence-corrected chi connectivity index (χ4v) is 3.51. The lowest BCUT2D eigenvalue weighted by molar-refractivity contribution is 0.0949. The van der Waals surface area contributed by atoms with Gasteiger partial charge in [0.25, 0.3) is 5.91 Å². The SMILES string of the molecule is C[C@@H]1Oc2c(C(=O)NCCc3c[nH]c4ccccc34)cccc2[C@@H]1C. The molecule has 2 aromatic carbocycles. The van der Waals surface area contributed by atoms with Gasteiger partial charge >= 0.3 is 0 Å². The highest BCUT2D eigenvalue weighted by molar-refractivity contribution is 5.97. The van der Waals surface area contributed by atoms with E-state index in [-0.39, 0.29) is 12.0 Å². The van der Waals surface area contributed by atoms with Crippen molar-refractivity contribution in [2.45, 2.75) is 32.3 Å². The number of para-hydroxylation sites is 2. The standard InChI is InChI=1S/C21H22N2O2/c1-13-14(2)25-20-16(13)7-5-8-18(20)21(24)22-11-10-15-12-23-19-9-4-3-6-17(15)19/h3-9,12-14,23H,10-11H2,1-2H3,(H,22,24)/t13-,14+/m1/s1. The first-order chi connectivity index (χ1) is 12.1. The van der Waals surface area contributed by atoms with E-state index in [4.69, 9.17) is 4.74 Å². The number of rotatable bonds is 4. The summed E-state index contributed by atoms with van der Waals surface area (Å²) in [5.41, 5.74) is 4.10. The number of hydrogen-bond donors (Lipinski definition) is 2. The van der Waals surface area contributed by atoms with Crippen LogP contribution in [-0.4, -0.2) is 23.5 Å². The number of amides is 1. The molecule has 0 radical (unpaired) electrons. The summed E-state index contributed by atoms with van der Waals surface area (Å²) >= 11 is 0. The minimum Gasteiger partial charge on any atom is -0.489 e. The van der Waals surface area contributed by atoms with E-state index in [0.717, 1.165) is 23.3 Å². The molecule has 0 saturated carbocycles. The molecular weight excluding hydrogens is 312 g/mol. The van der Waals surface area contributed by atoms with E-state index in [1.165, 1.54) is 10.9 Å². The zero-order valence-corrected chi connectivity index (χ0v) is 14.5. The van der Waals surface area contributed by atoms with Crippen molar-refractivity contribution >= 4 is 16.8 Å². The third kappa shape index (κ3) is 2.78. The predicted molar refractivity (Wildman–Crippen MR) is 99.3 cm³/mol. The topological polar surface area (TPSA) is 54.1 Å². The first-order valence-corrected chi connectivity index (χ1v) is 8.78. The molecule has 2 N–H and O–H groups in total. The van der Waals surface area contributed by atoms with Crippen molar-refractivity contribution in [3.63, 3.8) is 0 Å². The van der Waals surface area contributed by atoms with E-state index >= 15 is 0 Å². The van der Waals surface area contributed by atoms with Crippen LogP contribution in [0.25, 0.3) is 10.9 Å². The fourth-order valence-electron chi connectivity index (χ4n) is 3.51. The summed E-state index contributed by atoms with van der Waals surface area (Å²) < 4.78 is 5.92. The summed E-state index contributed by atoms with van der Waals surface area (Å²) in [4.78, 5) is 15.9. The highest BCUT2D eigenvalue weighted by Gasteiger charge is 2.30. The third-order valence-corrected chi connectivity index (χ3v) is 5.14. The Morgan fingerprint density at radius 1 is 1.16 bits per heavy atom. The van der Waals surface area contributed by atoms with E-state index in [2.05, 4.69) is 29.4 Å². The lowest BCUT2D eigenvalue weighted by Gasteiger charge is -2.10. The molecule has 3 aromatic rings. The van der Waals surface area contributed by atoms with Gasteiger partial charge in [0.1, 0.15) is 11.9 Å². The lowest BCUT2D eigenvalue weighted by Crippen LogP contribution is -2.26. The lowest BCUT2D eigenvalue weighted by atomic mass is 9.97. The maximum Gasteiger partial charge on any atom is 0.255 e. The Morgan fingerprint density at radius 2 is 2.00 bits per heavy atom. The van der Waals surface area contributed by atoms with Crippen LogP contribution in [0.1, 0.15) is 41.3 Å². The summed E-state index contributed by atoms with van der Waals surface area (Å²) in [5.74, 6) is 0.985. The van der Waals surface area contributed by atoms with Crippen molar-refractivity contribution in [3.05, 3.63) is 65.4 Å². The molecule has 128 valence electrons. The quantitative estimate of drug-likeness (QED) is 0.757. The molecule has 0 saturated heterocycles. The van der Waals surface area contributed by atoms with Crippen LogP contribution >= 0.6 is 0 Å². The second kappa shape index (κ2) is 6.28. The normalized spacial score (nSPS) is 18.8. The fraction of sp³-hybridized carbons (Fsp3) is 0.286. The minimum absolute atomic E-state index is 0.0713. The smallest absolute Gasteiger partial charge is 0.255 e. The Morgan fingerprint density at radius 3 is 2.88 bits per heavy atom. The first kappa shape index (κ1) is 15.8. The Balaban J connectivity index is 1.45. The summed E-state index contributed by atoms with van der Waals surface area (Å²) in [6.07, 6.45) is 2.91. The van der Waals surface area contributed by atoms with Crippen LogP contribution in [0.2, 0.25) is 0 Å². The summed E-state index contributed by atoms with van der Waals surface area (Å²) in [6, 6.07) is 14.0. The average Bonchev–Trinajstić information content (AvgIpc) is 3.16. The molecule has 0 fully saturated rings. The first-order valence-electron chi connectivity index (χ1n) is 8.78. The van der Waals surface area contributed by atoms with Crippen LogP contribution in [0.4, 0.5) is 0 Å². The van der Waals surface area contributed by atoms with Gasteiger partial charge in [-0.25, -0.2) is 0 Å². The molecule has 4 heteroatoms. The molecule has 1 aliphatic rings. The van der Waals surface area contributed by atoms with Crippen molar-refractivity contribution in [3.8, 4) is 5.75 Å². The zero-order valence-electron chi connectivity index (χ0n) is 14.5. The van der Waals surface area contributed by atoms with Gasteiger partial charge in [0, 0.05) is 35.1 Å². The highest BCUT2D eigenvalue weighted by atomic mass is 16.5. The van der Waals surface area contributed by atoms with Crippen LogP contribution in [-0.2, 0) is 6.42 Å². The minimum atomic E-state index is -0.0713. The van der Waals surface area contributed by atoms with Crippen LogP contribution in [0.3, 0.4) is 0 Å². The maximum atomic E-state index is 12.6. The van der Waals surface area contributed by atoms with Crippen molar-refractivity contribution in [1.82, 2.24) is 10.3 Å². The van der Waals surface area contributed by atoms with Crippen LogP contribution < -0.4 is 10.1 Å². The number of benzene rings is 2. The Bertz CT molecular complexity index is 929. The zero-order chi connectivity index (χ0) is 17.4. The molecule has 1 amide bonds. The van der Waals surface area contributed by atoms with Gasteiger partial charge in [-0.3, -0.25) is 4.79 Å². The Labute approximate surface area is 147 Å². The number of nitrogens with one attached hydrogen (secondary N) is 2. The number of carbonyl (C=O) groups is 1. The van der Waals surface area contributed by atoms with Gasteiger partial charge in [0.15, 0.2) is 0 Å². The van der Waals surface area contributed by atoms with Crippen LogP contribution in [0.5, 0.6) is 5.75 Å². The number of aromatic amines is 1.